The van der Waals surface area contributed by atoms with Crippen LogP contribution in [0.15, 0.2) is 52.4 Å². The molecule has 1 fully saturated rings. The van der Waals surface area contributed by atoms with E-state index >= 15 is 0 Å². The minimum Gasteiger partial charge on any atom is -0.508 e. The molecule has 1 aliphatic heterocycles. The number of ether oxygens (including phenoxy) is 1. The van der Waals surface area contributed by atoms with Gasteiger partial charge < -0.3 is 15.2 Å². The summed E-state index contributed by atoms with van der Waals surface area (Å²) in [6.45, 7) is 1.97. The third-order valence-electron chi connectivity index (χ3n) is 3.49. The zero-order valence-corrected chi connectivity index (χ0v) is 14.1. The number of carbonyl (C=O) groups excluding carboxylic acids is 1. The number of rotatable bonds is 3. The summed E-state index contributed by atoms with van der Waals surface area (Å²) >= 11 is 1.27. The van der Waals surface area contributed by atoms with E-state index in [1.54, 1.807) is 18.2 Å². The lowest BCUT2D eigenvalue weighted by molar-refractivity contribution is -0.115. The Kier molecular flexibility index (Phi) is 4.57. The summed E-state index contributed by atoms with van der Waals surface area (Å²) in [6, 6.07) is 12.5. The van der Waals surface area contributed by atoms with E-state index < -0.39 is 0 Å². The van der Waals surface area contributed by atoms with Gasteiger partial charge in [-0.1, -0.05) is 18.2 Å². The maximum atomic E-state index is 12.2. The first kappa shape index (κ1) is 16.1. The minimum absolute atomic E-state index is 0.110. The summed E-state index contributed by atoms with van der Waals surface area (Å²) in [7, 11) is 1.52. The fourth-order valence-corrected chi connectivity index (χ4v) is 3.06. The first-order valence-corrected chi connectivity index (χ1v) is 8.10. The van der Waals surface area contributed by atoms with E-state index in [2.05, 4.69) is 10.3 Å². The van der Waals surface area contributed by atoms with E-state index in [1.165, 1.54) is 24.9 Å². The number of hydrogen-bond acceptors (Lipinski definition) is 5. The van der Waals surface area contributed by atoms with Crippen molar-refractivity contribution in [2.45, 2.75) is 6.92 Å². The van der Waals surface area contributed by atoms with Gasteiger partial charge in [-0.3, -0.25) is 4.79 Å². The number of phenols is 1. The van der Waals surface area contributed by atoms with Gasteiger partial charge in [-0.15, -0.1) is 0 Å². The van der Waals surface area contributed by atoms with Crippen molar-refractivity contribution in [2.24, 2.45) is 4.99 Å². The van der Waals surface area contributed by atoms with Crippen LogP contribution in [0.4, 0.5) is 5.69 Å². The number of nitrogens with one attached hydrogen (secondary N) is 1. The normalized spacial score (nSPS) is 17.3. The molecule has 24 heavy (non-hydrogen) atoms. The lowest BCUT2D eigenvalue weighted by atomic mass is 10.1. The fraction of sp³-hybridized carbons (Fsp3) is 0.111. The van der Waals surface area contributed by atoms with Gasteiger partial charge in [0.1, 0.15) is 11.5 Å². The molecule has 0 spiro atoms. The summed E-state index contributed by atoms with van der Waals surface area (Å²) in [5.41, 5.74) is 2.58. The van der Waals surface area contributed by atoms with E-state index in [0.717, 1.165) is 11.3 Å². The third-order valence-corrected chi connectivity index (χ3v) is 4.40. The topological polar surface area (TPSA) is 70.9 Å². The van der Waals surface area contributed by atoms with Crippen molar-refractivity contribution in [1.82, 2.24) is 5.32 Å². The lowest BCUT2D eigenvalue weighted by Gasteiger charge is -2.05. The number of aryl methyl sites for hydroxylation is 1. The largest absolute Gasteiger partial charge is 0.508 e. The van der Waals surface area contributed by atoms with Gasteiger partial charge in [-0.25, -0.2) is 4.99 Å². The Morgan fingerprint density at radius 2 is 2.04 bits per heavy atom. The van der Waals surface area contributed by atoms with Crippen molar-refractivity contribution >= 4 is 34.6 Å². The highest BCUT2D eigenvalue weighted by Crippen LogP contribution is 2.32. The van der Waals surface area contributed by atoms with Crippen LogP contribution in [0.25, 0.3) is 6.08 Å². The van der Waals surface area contributed by atoms with Crippen molar-refractivity contribution < 1.29 is 14.6 Å². The van der Waals surface area contributed by atoms with Gasteiger partial charge in [0.15, 0.2) is 5.17 Å². The number of carbonyl (C=O) groups is 1. The van der Waals surface area contributed by atoms with Crippen LogP contribution in [0.3, 0.4) is 0 Å². The summed E-state index contributed by atoms with van der Waals surface area (Å²) in [5, 5.41) is 12.8. The van der Waals surface area contributed by atoms with Crippen molar-refractivity contribution in [3.8, 4) is 11.5 Å². The predicted octanol–water partition coefficient (Wildman–Crippen LogP) is 3.60. The van der Waals surface area contributed by atoms with Crippen molar-refractivity contribution in [1.29, 1.82) is 0 Å². The molecule has 3 rings (SSSR count). The molecular formula is C18H16N2O3S. The van der Waals surface area contributed by atoms with Gasteiger partial charge in [-0.2, -0.15) is 0 Å². The molecule has 0 aromatic heterocycles. The molecule has 0 unspecified atom stereocenters. The van der Waals surface area contributed by atoms with Crippen molar-refractivity contribution in [3.05, 3.63) is 58.5 Å². The number of amides is 1. The number of phenolic OH excluding ortho intramolecular Hbond substituents is 1. The molecule has 0 bridgehead atoms. The second-order valence-electron chi connectivity index (χ2n) is 5.19. The maximum absolute atomic E-state index is 12.2. The molecule has 0 atom stereocenters. The van der Waals surface area contributed by atoms with Crippen LogP contribution in [-0.2, 0) is 4.79 Å². The maximum Gasteiger partial charge on any atom is 0.264 e. The highest BCUT2D eigenvalue weighted by Gasteiger charge is 2.24. The average molecular weight is 340 g/mol. The number of nitrogens with zero attached hydrogens (tertiary/aromatic N) is 1. The summed E-state index contributed by atoms with van der Waals surface area (Å²) < 4.78 is 5.23. The monoisotopic (exact) mass is 340 g/mol. The number of para-hydroxylation sites is 1. The average Bonchev–Trinajstić information content (AvgIpc) is 2.91. The molecule has 1 heterocycles. The van der Waals surface area contributed by atoms with E-state index in [0.29, 0.717) is 21.4 Å². The molecule has 1 aliphatic rings. The zero-order valence-electron chi connectivity index (χ0n) is 13.2. The number of hydrogen-bond donors (Lipinski definition) is 2. The third kappa shape index (κ3) is 3.44. The Morgan fingerprint density at radius 1 is 1.25 bits per heavy atom. The van der Waals surface area contributed by atoms with Crippen molar-refractivity contribution in [3.63, 3.8) is 0 Å². The molecule has 2 aromatic rings. The Hall–Kier alpha value is -2.73. The van der Waals surface area contributed by atoms with Crippen LogP contribution in [-0.4, -0.2) is 23.3 Å². The predicted molar refractivity (Wildman–Crippen MR) is 96.6 cm³/mol. The van der Waals surface area contributed by atoms with Gasteiger partial charge >= 0.3 is 0 Å². The van der Waals surface area contributed by atoms with Crippen LogP contribution >= 0.6 is 11.8 Å². The Morgan fingerprint density at radius 3 is 2.79 bits per heavy atom. The number of amidine groups is 1. The SMILES string of the molecule is COc1cc(O)ccc1/C=C1\S/C(=N\c2ccccc2C)NC1=O. The number of aliphatic imine (C=N–C) groups is 1. The van der Waals surface area contributed by atoms with Gasteiger partial charge in [0.2, 0.25) is 0 Å². The summed E-state index contributed by atoms with van der Waals surface area (Å²) in [4.78, 5) is 17.2. The van der Waals surface area contributed by atoms with Gasteiger partial charge in [0.05, 0.1) is 17.7 Å². The zero-order chi connectivity index (χ0) is 17.1. The number of benzene rings is 2. The van der Waals surface area contributed by atoms with Crippen LogP contribution in [0.5, 0.6) is 11.5 Å². The molecule has 0 saturated carbocycles. The first-order valence-electron chi connectivity index (χ1n) is 7.29. The van der Waals surface area contributed by atoms with E-state index in [-0.39, 0.29) is 11.7 Å². The molecule has 1 saturated heterocycles. The molecule has 6 heteroatoms. The number of methoxy groups -OCH3 is 1. The first-order chi connectivity index (χ1) is 11.6. The van der Waals surface area contributed by atoms with E-state index in [9.17, 15) is 9.90 Å². The van der Waals surface area contributed by atoms with Gasteiger partial charge in [0.25, 0.3) is 5.91 Å². The van der Waals surface area contributed by atoms with E-state index in [1.807, 2.05) is 31.2 Å². The fourth-order valence-electron chi connectivity index (χ4n) is 2.24. The highest BCUT2D eigenvalue weighted by atomic mass is 32.2. The Labute approximate surface area is 144 Å². The van der Waals surface area contributed by atoms with Gasteiger partial charge in [-0.05, 0) is 48.5 Å². The highest BCUT2D eigenvalue weighted by molar-refractivity contribution is 8.18. The van der Waals surface area contributed by atoms with Crippen LogP contribution in [0.1, 0.15) is 11.1 Å². The van der Waals surface area contributed by atoms with Crippen LogP contribution < -0.4 is 10.1 Å². The summed E-state index contributed by atoms with van der Waals surface area (Å²) in [6.07, 6.45) is 1.72. The minimum atomic E-state index is -0.206. The number of thioether (sulfide) groups is 1. The molecule has 5 nitrogen and oxygen atoms in total. The molecule has 2 N–H and O–H groups in total. The quantitative estimate of drug-likeness (QED) is 0.838. The molecule has 0 aliphatic carbocycles. The Bertz CT molecular complexity index is 859. The second-order valence-corrected chi connectivity index (χ2v) is 6.23. The van der Waals surface area contributed by atoms with E-state index in [4.69, 9.17) is 4.74 Å². The van der Waals surface area contributed by atoms with Gasteiger partial charge in [0, 0.05) is 11.6 Å². The standard InChI is InChI=1S/C18H16N2O3S/c1-11-5-3-4-6-14(11)19-18-20-17(22)16(24-18)9-12-7-8-13(21)10-15(12)23-2/h3-10,21H,1-2H3,(H,19,20,22)/b16-9-. The second kappa shape index (κ2) is 6.80. The smallest absolute Gasteiger partial charge is 0.264 e. The molecular weight excluding hydrogens is 324 g/mol. The number of aromatic hydroxyl groups is 1. The Balaban J connectivity index is 1.89. The molecule has 1 amide bonds. The molecule has 0 radical (unpaired) electrons. The lowest BCUT2D eigenvalue weighted by Crippen LogP contribution is -2.19. The van der Waals surface area contributed by atoms with Crippen LogP contribution in [0.2, 0.25) is 0 Å². The molecule has 2 aromatic carbocycles. The van der Waals surface area contributed by atoms with Crippen LogP contribution in [0, 0.1) is 6.92 Å². The van der Waals surface area contributed by atoms with Crippen molar-refractivity contribution in [2.75, 3.05) is 7.11 Å². The molecule has 122 valence electrons. The summed E-state index contributed by atoms with van der Waals surface area (Å²) in [5.74, 6) is 0.405.